The molecule has 0 fully saturated rings. The van der Waals surface area contributed by atoms with Crippen molar-refractivity contribution < 1.29 is 9.15 Å². The maximum atomic E-state index is 5.57. The topological polar surface area (TPSA) is 60.2 Å². The third-order valence-electron chi connectivity index (χ3n) is 2.74. The Morgan fingerprint density at radius 3 is 2.40 bits per heavy atom. The summed E-state index contributed by atoms with van der Waals surface area (Å²) in [6.07, 6.45) is 1.59. The number of hydrogen-bond acceptors (Lipinski definition) is 5. The Labute approximate surface area is 119 Å². The number of methoxy groups -OCH3 is 1. The van der Waals surface area contributed by atoms with Crippen LogP contribution in [-0.4, -0.2) is 22.8 Å². The maximum Gasteiger partial charge on any atom is 0.315 e. The first-order valence-electron chi connectivity index (χ1n) is 6.70. The van der Waals surface area contributed by atoms with Gasteiger partial charge >= 0.3 is 6.01 Å². The van der Waals surface area contributed by atoms with Gasteiger partial charge in [-0.3, -0.25) is 0 Å². The van der Waals surface area contributed by atoms with E-state index in [1.54, 1.807) is 7.11 Å². The molecule has 0 unspecified atom stereocenters. The molecule has 1 aromatic carbocycles. The second kappa shape index (κ2) is 5.94. The van der Waals surface area contributed by atoms with E-state index in [1.165, 1.54) is 5.56 Å². The Hall–Kier alpha value is -2.04. The molecule has 20 heavy (non-hydrogen) atoms. The molecule has 108 valence electrons. The first kappa shape index (κ1) is 14.4. The zero-order chi connectivity index (χ0) is 14.6. The molecule has 0 amide bonds. The third kappa shape index (κ3) is 4.26. The van der Waals surface area contributed by atoms with Crippen LogP contribution in [0.25, 0.3) is 0 Å². The van der Waals surface area contributed by atoms with E-state index in [-0.39, 0.29) is 5.54 Å². The van der Waals surface area contributed by atoms with Crippen LogP contribution in [0.1, 0.15) is 32.2 Å². The third-order valence-corrected chi connectivity index (χ3v) is 2.74. The molecular weight excluding hydrogens is 254 g/mol. The predicted molar refractivity (Wildman–Crippen MR) is 78.1 cm³/mol. The van der Waals surface area contributed by atoms with Crippen molar-refractivity contribution in [2.45, 2.75) is 39.2 Å². The molecule has 1 N–H and O–H groups in total. The Bertz CT molecular complexity index is 541. The van der Waals surface area contributed by atoms with Crippen LogP contribution in [0.15, 0.2) is 28.7 Å². The summed E-state index contributed by atoms with van der Waals surface area (Å²) < 4.78 is 10.7. The zero-order valence-electron chi connectivity index (χ0n) is 12.4. The molecule has 0 bridgehead atoms. The smallest absolute Gasteiger partial charge is 0.315 e. The second-order valence-electron chi connectivity index (χ2n) is 5.72. The van der Waals surface area contributed by atoms with Gasteiger partial charge in [-0.05, 0) is 44.9 Å². The zero-order valence-corrected chi connectivity index (χ0v) is 12.4. The molecule has 0 spiro atoms. The minimum Gasteiger partial charge on any atom is -0.497 e. The monoisotopic (exact) mass is 275 g/mol. The van der Waals surface area contributed by atoms with E-state index < -0.39 is 0 Å². The average Bonchev–Trinajstić information content (AvgIpc) is 2.82. The van der Waals surface area contributed by atoms with Crippen molar-refractivity contribution in [2.75, 3.05) is 12.4 Å². The summed E-state index contributed by atoms with van der Waals surface area (Å²) in [5.41, 5.74) is 1.13. The molecule has 0 radical (unpaired) electrons. The second-order valence-corrected chi connectivity index (χ2v) is 5.72. The van der Waals surface area contributed by atoms with Crippen molar-refractivity contribution in [1.82, 2.24) is 10.2 Å². The fourth-order valence-electron chi connectivity index (χ4n) is 1.77. The predicted octanol–water partition coefficient (Wildman–Crippen LogP) is 3.07. The van der Waals surface area contributed by atoms with Crippen molar-refractivity contribution in [1.29, 1.82) is 0 Å². The fraction of sp³-hybridized carbons (Fsp3) is 0.467. The number of ether oxygens (including phenoxy) is 1. The lowest BCUT2D eigenvalue weighted by molar-refractivity contribution is 0.414. The number of nitrogens with zero attached hydrogens (tertiary/aromatic N) is 2. The van der Waals surface area contributed by atoms with Crippen molar-refractivity contribution in [3.8, 4) is 5.75 Å². The van der Waals surface area contributed by atoms with Gasteiger partial charge in [-0.25, -0.2) is 0 Å². The average molecular weight is 275 g/mol. The molecule has 0 atom stereocenters. The minimum absolute atomic E-state index is 0.0835. The van der Waals surface area contributed by atoms with E-state index in [0.717, 1.165) is 18.6 Å². The van der Waals surface area contributed by atoms with Gasteiger partial charge in [-0.1, -0.05) is 17.2 Å². The number of benzene rings is 1. The molecule has 5 nitrogen and oxygen atoms in total. The summed E-state index contributed by atoms with van der Waals surface area (Å²) >= 11 is 0. The molecular formula is C15H21N3O2. The van der Waals surface area contributed by atoms with Crippen molar-refractivity contribution in [3.63, 3.8) is 0 Å². The van der Waals surface area contributed by atoms with Crippen molar-refractivity contribution in [3.05, 3.63) is 35.7 Å². The molecule has 0 aliphatic rings. The number of aromatic nitrogens is 2. The lowest BCUT2D eigenvalue weighted by atomic mass is 10.1. The largest absolute Gasteiger partial charge is 0.497 e. The van der Waals surface area contributed by atoms with Gasteiger partial charge in [0.15, 0.2) is 0 Å². The Balaban J connectivity index is 1.90. The quantitative estimate of drug-likeness (QED) is 0.908. The Kier molecular flexibility index (Phi) is 4.27. The highest BCUT2D eigenvalue weighted by Crippen LogP contribution is 2.16. The van der Waals surface area contributed by atoms with Crippen LogP contribution in [0.2, 0.25) is 0 Å². The first-order valence-corrected chi connectivity index (χ1v) is 6.70. The Morgan fingerprint density at radius 1 is 1.10 bits per heavy atom. The highest BCUT2D eigenvalue weighted by molar-refractivity contribution is 5.27. The van der Waals surface area contributed by atoms with Gasteiger partial charge in [0.2, 0.25) is 5.89 Å². The first-order chi connectivity index (χ1) is 9.46. The number of aryl methyl sites for hydroxylation is 2. The van der Waals surface area contributed by atoms with Crippen LogP contribution in [0.4, 0.5) is 6.01 Å². The van der Waals surface area contributed by atoms with Crippen molar-refractivity contribution >= 4 is 6.01 Å². The highest BCUT2D eigenvalue weighted by Gasteiger charge is 2.14. The van der Waals surface area contributed by atoms with Crippen LogP contribution < -0.4 is 10.1 Å². The molecule has 0 aliphatic carbocycles. The van der Waals surface area contributed by atoms with E-state index in [1.807, 2.05) is 45.0 Å². The van der Waals surface area contributed by atoms with E-state index in [4.69, 9.17) is 9.15 Å². The summed E-state index contributed by atoms with van der Waals surface area (Å²) in [4.78, 5) is 0. The van der Waals surface area contributed by atoms with Crippen molar-refractivity contribution in [2.24, 2.45) is 0 Å². The normalized spacial score (nSPS) is 11.4. The number of rotatable bonds is 5. The van der Waals surface area contributed by atoms with Gasteiger partial charge in [0, 0.05) is 12.0 Å². The van der Waals surface area contributed by atoms with E-state index in [9.17, 15) is 0 Å². The molecule has 1 aromatic heterocycles. The maximum absolute atomic E-state index is 5.57. The molecule has 0 aliphatic heterocycles. The minimum atomic E-state index is -0.0835. The summed E-state index contributed by atoms with van der Waals surface area (Å²) in [7, 11) is 1.66. The van der Waals surface area contributed by atoms with E-state index in [0.29, 0.717) is 11.9 Å². The summed E-state index contributed by atoms with van der Waals surface area (Å²) in [6, 6.07) is 8.47. The van der Waals surface area contributed by atoms with Crippen LogP contribution in [0.3, 0.4) is 0 Å². The number of nitrogens with one attached hydrogen (secondary N) is 1. The van der Waals surface area contributed by atoms with E-state index >= 15 is 0 Å². The van der Waals surface area contributed by atoms with Gasteiger partial charge in [0.1, 0.15) is 5.75 Å². The van der Waals surface area contributed by atoms with Gasteiger partial charge in [-0.2, -0.15) is 0 Å². The van der Waals surface area contributed by atoms with Crippen LogP contribution in [0.5, 0.6) is 5.75 Å². The van der Waals surface area contributed by atoms with Crippen LogP contribution >= 0.6 is 0 Å². The van der Waals surface area contributed by atoms with Gasteiger partial charge in [0.25, 0.3) is 0 Å². The SMILES string of the molecule is COc1ccc(CCc2nnc(NC(C)(C)C)o2)cc1. The Morgan fingerprint density at radius 2 is 1.80 bits per heavy atom. The van der Waals surface area contributed by atoms with Crippen LogP contribution in [-0.2, 0) is 12.8 Å². The highest BCUT2D eigenvalue weighted by atomic mass is 16.5. The summed E-state index contributed by atoms with van der Waals surface area (Å²) in [6.45, 7) is 6.15. The summed E-state index contributed by atoms with van der Waals surface area (Å²) in [5, 5.41) is 11.2. The van der Waals surface area contributed by atoms with Crippen LogP contribution in [0, 0.1) is 0 Å². The lowest BCUT2D eigenvalue weighted by Crippen LogP contribution is -2.26. The fourth-order valence-corrected chi connectivity index (χ4v) is 1.77. The van der Waals surface area contributed by atoms with Gasteiger partial charge < -0.3 is 14.5 Å². The summed E-state index contributed by atoms with van der Waals surface area (Å²) in [5.74, 6) is 1.51. The molecule has 0 saturated carbocycles. The standard InChI is InChI=1S/C15H21N3O2/c1-15(2,3)16-14-18-17-13(20-14)10-7-11-5-8-12(19-4)9-6-11/h5-6,8-9H,7,10H2,1-4H3,(H,16,18). The van der Waals surface area contributed by atoms with Gasteiger partial charge in [-0.15, -0.1) is 5.10 Å². The number of hydrogen-bond donors (Lipinski definition) is 1. The molecule has 5 heteroatoms. The lowest BCUT2D eigenvalue weighted by Gasteiger charge is -2.17. The molecule has 1 heterocycles. The van der Waals surface area contributed by atoms with E-state index in [2.05, 4.69) is 15.5 Å². The molecule has 2 rings (SSSR count). The van der Waals surface area contributed by atoms with Gasteiger partial charge in [0.05, 0.1) is 7.11 Å². The molecule has 2 aromatic rings. The molecule has 0 saturated heterocycles. The number of anilines is 1.